The summed E-state index contributed by atoms with van der Waals surface area (Å²) < 4.78 is 6.08. The average molecular weight is 286 g/mol. The van der Waals surface area contributed by atoms with E-state index in [2.05, 4.69) is 24.0 Å². The third kappa shape index (κ3) is 2.16. The average Bonchev–Trinajstić information content (AvgIpc) is 2.56. The van der Waals surface area contributed by atoms with Crippen molar-refractivity contribution in [1.29, 1.82) is 0 Å². The molecule has 0 bridgehead atoms. The summed E-state index contributed by atoms with van der Waals surface area (Å²) in [7, 11) is 4.06. The van der Waals surface area contributed by atoms with Gasteiger partial charge in [0.2, 0.25) is 0 Å². The van der Waals surface area contributed by atoms with Gasteiger partial charge in [0.25, 0.3) is 0 Å². The summed E-state index contributed by atoms with van der Waals surface area (Å²) in [5.41, 5.74) is 4.41. The zero-order valence-electron chi connectivity index (χ0n) is 11.8. The molecule has 0 aliphatic carbocycles. The number of benzene rings is 2. The van der Waals surface area contributed by atoms with Gasteiger partial charge in [-0.3, -0.25) is 0 Å². The van der Waals surface area contributed by atoms with Crippen LogP contribution in [-0.4, -0.2) is 19.0 Å². The second kappa shape index (κ2) is 4.88. The van der Waals surface area contributed by atoms with Gasteiger partial charge >= 0.3 is 0 Å². The summed E-state index contributed by atoms with van der Waals surface area (Å²) in [5.74, 6) is 1.71. The van der Waals surface area contributed by atoms with E-state index in [0.29, 0.717) is 5.02 Å². The molecule has 2 aromatic rings. The van der Waals surface area contributed by atoms with Gasteiger partial charge in [-0.1, -0.05) is 23.7 Å². The van der Waals surface area contributed by atoms with Gasteiger partial charge in [-0.2, -0.15) is 0 Å². The highest BCUT2D eigenvalue weighted by Gasteiger charge is 2.19. The van der Waals surface area contributed by atoms with E-state index in [9.17, 15) is 0 Å². The van der Waals surface area contributed by atoms with E-state index in [-0.39, 0.29) is 0 Å². The minimum atomic E-state index is 0.711. The van der Waals surface area contributed by atoms with Gasteiger partial charge in [-0.15, -0.1) is 0 Å². The smallest absolute Gasteiger partial charge is 0.136 e. The lowest BCUT2D eigenvalue weighted by molar-refractivity contribution is 0.478. The van der Waals surface area contributed by atoms with Gasteiger partial charge < -0.3 is 9.64 Å². The number of ether oxygens (including phenoxy) is 1. The van der Waals surface area contributed by atoms with E-state index >= 15 is 0 Å². The number of hydrogen-bond acceptors (Lipinski definition) is 2. The first-order valence-electron chi connectivity index (χ1n) is 6.52. The van der Waals surface area contributed by atoms with E-state index in [1.54, 1.807) is 0 Å². The van der Waals surface area contributed by atoms with Crippen molar-refractivity contribution in [3.8, 4) is 11.5 Å². The summed E-state index contributed by atoms with van der Waals surface area (Å²) in [6, 6.07) is 11.8. The lowest BCUT2D eigenvalue weighted by Gasteiger charge is -2.18. The van der Waals surface area contributed by atoms with Crippen LogP contribution in [0.25, 0.3) is 11.8 Å². The number of nitrogens with zero attached hydrogens (tertiary/aromatic N) is 1. The van der Waals surface area contributed by atoms with E-state index in [4.69, 9.17) is 16.3 Å². The van der Waals surface area contributed by atoms with Gasteiger partial charge in [0.05, 0.1) is 0 Å². The Bertz CT molecular complexity index is 704. The van der Waals surface area contributed by atoms with Crippen molar-refractivity contribution in [3.05, 3.63) is 58.1 Å². The molecule has 0 spiro atoms. The van der Waals surface area contributed by atoms with Crippen molar-refractivity contribution in [3.63, 3.8) is 0 Å². The van der Waals surface area contributed by atoms with Crippen LogP contribution in [0.1, 0.15) is 16.7 Å². The monoisotopic (exact) mass is 285 g/mol. The fraction of sp³-hybridized carbons (Fsp3) is 0.176. The van der Waals surface area contributed by atoms with Crippen LogP contribution in [0.15, 0.2) is 36.4 Å². The second-order valence-electron chi connectivity index (χ2n) is 5.15. The zero-order chi connectivity index (χ0) is 14.3. The second-order valence-corrected chi connectivity index (χ2v) is 5.59. The first-order chi connectivity index (χ1) is 9.56. The molecular formula is C17H16ClNO. The summed E-state index contributed by atoms with van der Waals surface area (Å²) in [6.07, 6.45) is 2.16. The van der Waals surface area contributed by atoms with Gasteiger partial charge in [0, 0.05) is 35.9 Å². The molecule has 3 heteroatoms. The van der Waals surface area contributed by atoms with Gasteiger partial charge in [-0.05, 0) is 42.8 Å². The SMILES string of the molecule is Cc1cccc2c1C=C(N(C)C)c1cc(Cl)ccc1O2. The minimum absolute atomic E-state index is 0.711. The van der Waals surface area contributed by atoms with Crippen LogP contribution in [0, 0.1) is 6.92 Å². The van der Waals surface area contributed by atoms with E-state index in [0.717, 1.165) is 28.3 Å². The van der Waals surface area contributed by atoms with Crippen LogP contribution in [0.3, 0.4) is 0 Å². The standard InChI is InChI=1S/C17H16ClNO/c1-11-5-4-6-16-13(11)10-15(19(2)3)14-9-12(18)7-8-17(14)20-16/h4-10H,1-3H3. The molecule has 2 nitrogen and oxygen atoms in total. The van der Waals surface area contributed by atoms with Crippen LogP contribution in [0.5, 0.6) is 11.5 Å². The maximum absolute atomic E-state index is 6.14. The Balaban J connectivity index is 2.30. The number of hydrogen-bond donors (Lipinski definition) is 0. The Morgan fingerprint density at radius 2 is 1.85 bits per heavy atom. The molecule has 0 atom stereocenters. The van der Waals surface area contributed by atoms with Crippen molar-refractivity contribution < 1.29 is 4.74 Å². The van der Waals surface area contributed by atoms with Crippen LogP contribution >= 0.6 is 11.6 Å². The van der Waals surface area contributed by atoms with Crippen LogP contribution in [-0.2, 0) is 0 Å². The number of aryl methyl sites for hydroxylation is 1. The summed E-state index contributed by atoms with van der Waals surface area (Å²) >= 11 is 6.14. The highest BCUT2D eigenvalue weighted by Crippen LogP contribution is 2.40. The van der Waals surface area contributed by atoms with Crippen molar-refractivity contribution in [2.45, 2.75) is 6.92 Å². The Kier molecular flexibility index (Phi) is 3.19. The van der Waals surface area contributed by atoms with Crippen molar-refractivity contribution in [1.82, 2.24) is 4.90 Å². The van der Waals surface area contributed by atoms with E-state index in [1.165, 1.54) is 5.56 Å². The van der Waals surface area contributed by atoms with Gasteiger partial charge in [0.15, 0.2) is 0 Å². The predicted octanol–water partition coefficient (Wildman–Crippen LogP) is 4.81. The molecule has 1 aliphatic heterocycles. The van der Waals surface area contributed by atoms with E-state index < -0.39 is 0 Å². The molecule has 0 aromatic heterocycles. The first-order valence-corrected chi connectivity index (χ1v) is 6.90. The van der Waals surface area contributed by atoms with Crippen LogP contribution in [0.4, 0.5) is 0 Å². The normalized spacial score (nSPS) is 12.7. The van der Waals surface area contributed by atoms with Crippen molar-refractivity contribution >= 4 is 23.4 Å². The molecule has 0 N–H and O–H groups in total. The minimum Gasteiger partial charge on any atom is -0.456 e. The first kappa shape index (κ1) is 13.1. The summed E-state index contributed by atoms with van der Waals surface area (Å²) in [4.78, 5) is 2.08. The molecule has 0 unspecified atom stereocenters. The zero-order valence-corrected chi connectivity index (χ0v) is 12.5. The quantitative estimate of drug-likeness (QED) is 0.745. The van der Waals surface area contributed by atoms with Gasteiger partial charge in [-0.25, -0.2) is 0 Å². The van der Waals surface area contributed by atoms with E-state index in [1.807, 2.05) is 44.4 Å². The Morgan fingerprint density at radius 3 is 2.60 bits per heavy atom. The van der Waals surface area contributed by atoms with Crippen molar-refractivity contribution in [2.75, 3.05) is 14.1 Å². The van der Waals surface area contributed by atoms with Crippen LogP contribution < -0.4 is 4.74 Å². The molecule has 0 amide bonds. The fourth-order valence-electron chi connectivity index (χ4n) is 2.42. The fourth-order valence-corrected chi connectivity index (χ4v) is 2.59. The molecule has 0 radical (unpaired) electrons. The van der Waals surface area contributed by atoms with Gasteiger partial charge in [0.1, 0.15) is 11.5 Å². The number of rotatable bonds is 1. The lowest BCUT2D eigenvalue weighted by atomic mass is 10.0. The highest BCUT2D eigenvalue weighted by atomic mass is 35.5. The Morgan fingerprint density at radius 1 is 1.05 bits per heavy atom. The van der Waals surface area contributed by atoms with Crippen LogP contribution in [0.2, 0.25) is 5.02 Å². The molecule has 0 saturated carbocycles. The highest BCUT2D eigenvalue weighted by molar-refractivity contribution is 6.30. The predicted molar refractivity (Wildman–Crippen MR) is 84.3 cm³/mol. The lowest BCUT2D eigenvalue weighted by Crippen LogP contribution is -2.09. The number of fused-ring (bicyclic) bond motifs is 2. The largest absolute Gasteiger partial charge is 0.456 e. The molecular weight excluding hydrogens is 270 g/mol. The molecule has 1 heterocycles. The Labute approximate surface area is 124 Å². The molecule has 20 heavy (non-hydrogen) atoms. The molecule has 3 rings (SSSR count). The molecule has 1 aliphatic rings. The molecule has 0 fully saturated rings. The topological polar surface area (TPSA) is 12.5 Å². The summed E-state index contributed by atoms with van der Waals surface area (Å²) in [6.45, 7) is 2.09. The number of halogens is 1. The molecule has 0 saturated heterocycles. The maximum Gasteiger partial charge on any atom is 0.136 e. The molecule has 102 valence electrons. The Hall–Kier alpha value is -1.93. The third-order valence-corrected chi connectivity index (χ3v) is 3.72. The third-order valence-electron chi connectivity index (χ3n) is 3.48. The molecule has 2 aromatic carbocycles. The van der Waals surface area contributed by atoms with Crippen molar-refractivity contribution in [2.24, 2.45) is 0 Å². The maximum atomic E-state index is 6.14. The summed E-state index contributed by atoms with van der Waals surface area (Å²) in [5, 5.41) is 0.711.